The summed E-state index contributed by atoms with van der Waals surface area (Å²) in [5.74, 6) is -0.658. The first-order valence-electron chi connectivity index (χ1n) is 10.4. The largest absolute Gasteiger partial charge is 0.484 e. The van der Waals surface area contributed by atoms with Crippen LogP contribution in [0.5, 0.6) is 5.75 Å². The molecule has 31 heavy (non-hydrogen) atoms. The van der Waals surface area contributed by atoms with Crippen LogP contribution in [-0.2, 0) is 19.1 Å². The van der Waals surface area contributed by atoms with Gasteiger partial charge in [-0.05, 0) is 44.9 Å². The van der Waals surface area contributed by atoms with Gasteiger partial charge in [-0.25, -0.2) is 4.79 Å². The maximum absolute atomic E-state index is 12.5. The first-order chi connectivity index (χ1) is 14.6. The van der Waals surface area contributed by atoms with E-state index >= 15 is 0 Å². The van der Waals surface area contributed by atoms with Crippen LogP contribution >= 0.6 is 0 Å². The third kappa shape index (κ3) is 6.19. The summed E-state index contributed by atoms with van der Waals surface area (Å²) in [7, 11) is 0. The number of hydrogen-bond acceptors (Lipinski definition) is 6. The molecule has 2 fully saturated rings. The average Bonchev–Trinajstić information content (AvgIpc) is 2.71. The lowest BCUT2D eigenvalue weighted by Crippen LogP contribution is -2.52. The predicted molar refractivity (Wildman–Crippen MR) is 111 cm³/mol. The second kappa shape index (κ2) is 9.36. The molecule has 168 valence electrons. The van der Waals surface area contributed by atoms with Gasteiger partial charge in [0.15, 0.2) is 6.61 Å². The molecule has 2 heterocycles. The van der Waals surface area contributed by atoms with Crippen LogP contribution in [0.1, 0.15) is 45.1 Å². The SMILES string of the molecule is CC(C)(C)OC(=O)N1CCN(C(=O)COc2cccc(C3CCC(=O)NC3=O)c2)CC1. The van der Waals surface area contributed by atoms with Gasteiger partial charge in [-0.15, -0.1) is 0 Å². The van der Waals surface area contributed by atoms with E-state index in [1.165, 1.54) is 0 Å². The van der Waals surface area contributed by atoms with Gasteiger partial charge in [-0.1, -0.05) is 12.1 Å². The highest BCUT2D eigenvalue weighted by Crippen LogP contribution is 2.27. The molecule has 1 unspecified atom stereocenters. The molecular weight excluding hydrogens is 402 g/mol. The zero-order chi connectivity index (χ0) is 22.6. The molecular formula is C22H29N3O6. The van der Waals surface area contributed by atoms with Crippen molar-refractivity contribution in [2.45, 2.75) is 45.1 Å². The third-order valence-corrected chi connectivity index (χ3v) is 5.15. The van der Waals surface area contributed by atoms with Crippen molar-refractivity contribution in [1.29, 1.82) is 0 Å². The van der Waals surface area contributed by atoms with Crippen LogP contribution < -0.4 is 10.1 Å². The molecule has 0 spiro atoms. The lowest BCUT2D eigenvalue weighted by Gasteiger charge is -2.35. The Kier molecular flexibility index (Phi) is 6.82. The Morgan fingerprint density at radius 3 is 2.42 bits per heavy atom. The van der Waals surface area contributed by atoms with Crippen LogP contribution in [0.15, 0.2) is 24.3 Å². The molecule has 1 aromatic rings. The van der Waals surface area contributed by atoms with Gasteiger partial charge >= 0.3 is 6.09 Å². The number of benzene rings is 1. The van der Waals surface area contributed by atoms with Crippen molar-refractivity contribution in [2.75, 3.05) is 32.8 Å². The first-order valence-corrected chi connectivity index (χ1v) is 10.4. The van der Waals surface area contributed by atoms with Gasteiger partial charge in [-0.2, -0.15) is 0 Å². The Hall–Kier alpha value is -3.10. The number of hydrogen-bond donors (Lipinski definition) is 1. The van der Waals surface area contributed by atoms with Crippen molar-refractivity contribution in [3.05, 3.63) is 29.8 Å². The lowest BCUT2D eigenvalue weighted by molar-refractivity contribution is -0.135. The number of imide groups is 1. The lowest BCUT2D eigenvalue weighted by atomic mass is 9.90. The van der Waals surface area contributed by atoms with Crippen LogP contribution in [-0.4, -0.2) is 72.0 Å². The molecule has 0 saturated carbocycles. The smallest absolute Gasteiger partial charge is 0.410 e. The van der Waals surface area contributed by atoms with Gasteiger partial charge in [0.2, 0.25) is 11.8 Å². The van der Waals surface area contributed by atoms with Crippen LogP contribution in [0.4, 0.5) is 4.79 Å². The van der Waals surface area contributed by atoms with Crippen LogP contribution in [0.3, 0.4) is 0 Å². The molecule has 2 aliphatic rings. The molecule has 9 nitrogen and oxygen atoms in total. The molecule has 0 radical (unpaired) electrons. The van der Waals surface area contributed by atoms with E-state index in [0.717, 1.165) is 5.56 Å². The normalized spacial score (nSPS) is 19.6. The van der Waals surface area contributed by atoms with E-state index in [-0.39, 0.29) is 30.4 Å². The summed E-state index contributed by atoms with van der Waals surface area (Å²) >= 11 is 0. The van der Waals surface area contributed by atoms with Crippen molar-refractivity contribution in [2.24, 2.45) is 0 Å². The Balaban J connectivity index is 1.49. The average molecular weight is 431 g/mol. The van der Waals surface area contributed by atoms with Gasteiger partial charge < -0.3 is 19.3 Å². The fourth-order valence-corrected chi connectivity index (χ4v) is 3.53. The minimum absolute atomic E-state index is 0.134. The quantitative estimate of drug-likeness (QED) is 0.727. The predicted octanol–water partition coefficient (Wildman–Crippen LogP) is 1.66. The van der Waals surface area contributed by atoms with Crippen LogP contribution in [0.25, 0.3) is 0 Å². The molecule has 0 aromatic heterocycles. The van der Waals surface area contributed by atoms with Gasteiger partial charge in [0.25, 0.3) is 5.91 Å². The minimum atomic E-state index is -0.555. The van der Waals surface area contributed by atoms with Crippen LogP contribution in [0.2, 0.25) is 0 Å². The highest BCUT2D eigenvalue weighted by Gasteiger charge is 2.29. The highest BCUT2D eigenvalue weighted by atomic mass is 16.6. The summed E-state index contributed by atoms with van der Waals surface area (Å²) < 4.78 is 11.0. The molecule has 2 saturated heterocycles. The number of carbonyl (C=O) groups is 4. The number of piperidine rings is 1. The number of nitrogens with one attached hydrogen (secondary N) is 1. The molecule has 1 N–H and O–H groups in total. The Bertz CT molecular complexity index is 855. The fourth-order valence-electron chi connectivity index (χ4n) is 3.53. The number of amides is 4. The maximum atomic E-state index is 12.5. The summed E-state index contributed by atoms with van der Waals surface area (Å²) in [6, 6.07) is 7.03. The van der Waals surface area contributed by atoms with Crippen LogP contribution in [0, 0.1) is 0 Å². The Morgan fingerprint density at radius 2 is 1.77 bits per heavy atom. The second-order valence-electron chi connectivity index (χ2n) is 8.71. The van der Waals surface area contributed by atoms with Gasteiger partial charge in [0.05, 0.1) is 5.92 Å². The van der Waals surface area contributed by atoms with E-state index in [2.05, 4.69) is 5.32 Å². The third-order valence-electron chi connectivity index (χ3n) is 5.15. The number of carbonyl (C=O) groups excluding carboxylic acids is 4. The van der Waals surface area contributed by atoms with Crippen molar-refractivity contribution < 1.29 is 28.7 Å². The minimum Gasteiger partial charge on any atom is -0.484 e. The molecule has 3 rings (SSSR count). The molecule has 9 heteroatoms. The molecule has 2 aliphatic heterocycles. The number of piperazine rings is 1. The van der Waals surface area contributed by atoms with Crippen molar-refractivity contribution >= 4 is 23.8 Å². The number of nitrogens with zero attached hydrogens (tertiary/aromatic N) is 2. The topological polar surface area (TPSA) is 105 Å². The van der Waals surface area contributed by atoms with Crippen molar-refractivity contribution in [3.8, 4) is 5.75 Å². The molecule has 0 aliphatic carbocycles. The van der Waals surface area contributed by atoms with Crippen molar-refractivity contribution in [3.63, 3.8) is 0 Å². The van der Waals surface area contributed by atoms with Gasteiger partial charge in [-0.3, -0.25) is 19.7 Å². The van der Waals surface area contributed by atoms with E-state index in [1.807, 2.05) is 26.8 Å². The fraction of sp³-hybridized carbons (Fsp3) is 0.545. The number of ether oxygens (including phenoxy) is 2. The van der Waals surface area contributed by atoms with E-state index in [4.69, 9.17) is 9.47 Å². The van der Waals surface area contributed by atoms with E-state index in [0.29, 0.717) is 44.8 Å². The molecule has 0 bridgehead atoms. The van der Waals surface area contributed by atoms with Crippen molar-refractivity contribution in [1.82, 2.24) is 15.1 Å². The highest BCUT2D eigenvalue weighted by molar-refractivity contribution is 6.00. The molecule has 1 atom stereocenters. The zero-order valence-electron chi connectivity index (χ0n) is 18.2. The first kappa shape index (κ1) is 22.6. The van der Waals surface area contributed by atoms with Gasteiger partial charge in [0.1, 0.15) is 11.4 Å². The zero-order valence-corrected chi connectivity index (χ0v) is 18.2. The second-order valence-corrected chi connectivity index (χ2v) is 8.71. The summed E-state index contributed by atoms with van der Waals surface area (Å²) in [6.07, 6.45) is 0.380. The molecule has 1 aromatic carbocycles. The van der Waals surface area contributed by atoms with E-state index < -0.39 is 11.5 Å². The molecule has 4 amide bonds. The maximum Gasteiger partial charge on any atom is 0.410 e. The summed E-state index contributed by atoms with van der Waals surface area (Å²) in [5.41, 5.74) is 0.196. The standard InChI is InChI=1S/C22H29N3O6/c1-22(2,3)31-21(29)25-11-9-24(10-12-25)19(27)14-30-16-6-4-5-15(13-16)17-7-8-18(26)23-20(17)28/h4-6,13,17H,7-12,14H2,1-3H3,(H,23,26,28). The Labute approximate surface area is 181 Å². The van der Waals surface area contributed by atoms with Gasteiger partial charge in [0, 0.05) is 32.6 Å². The Morgan fingerprint density at radius 1 is 1.10 bits per heavy atom. The monoisotopic (exact) mass is 431 g/mol. The summed E-state index contributed by atoms with van der Waals surface area (Å²) in [6.45, 7) is 6.96. The van der Waals surface area contributed by atoms with E-state index in [9.17, 15) is 19.2 Å². The van der Waals surface area contributed by atoms with E-state index in [1.54, 1.807) is 28.0 Å². The summed E-state index contributed by atoms with van der Waals surface area (Å²) in [4.78, 5) is 51.3. The number of rotatable bonds is 4. The summed E-state index contributed by atoms with van der Waals surface area (Å²) in [5, 5.41) is 2.35.